The number of piperidine rings is 1. The predicted molar refractivity (Wildman–Crippen MR) is 127 cm³/mol. The second kappa shape index (κ2) is 8.80. The Morgan fingerprint density at radius 2 is 1.84 bits per heavy atom. The van der Waals surface area contributed by atoms with Gasteiger partial charge in [-0.05, 0) is 48.6 Å². The molecule has 4 rings (SSSR count). The maximum Gasteiger partial charge on any atom is 0.259 e. The molecular formula is C23H27N3O4S2. The van der Waals surface area contributed by atoms with Crippen LogP contribution in [0.3, 0.4) is 0 Å². The minimum Gasteiger partial charge on any atom is -0.495 e. The molecule has 1 fully saturated rings. The van der Waals surface area contributed by atoms with E-state index < -0.39 is 10.0 Å². The molecule has 9 heteroatoms. The lowest BCUT2D eigenvalue weighted by molar-refractivity contribution is 0.0992. The molecule has 1 amide bonds. The van der Waals surface area contributed by atoms with Gasteiger partial charge in [-0.2, -0.15) is 4.31 Å². The second-order valence-corrected chi connectivity index (χ2v) is 11.4. The summed E-state index contributed by atoms with van der Waals surface area (Å²) < 4.78 is 34.8. The van der Waals surface area contributed by atoms with Crippen LogP contribution in [0.1, 0.15) is 30.6 Å². The quantitative estimate of drug-likeness (QED) is 0.554. The van der Waals surface area contributed by atoms with Crippen molar-refractivity contribution >= 4 is 42.6 Å². The highest BCUT2D eigenvalue weighted by Crippen LogP contribution is 2.33. The minimum absolute atomic E-state index is 0.0184. The van der Waals surface area contributed by atoms with E-state index in [1.807, 2.05) is 24.3 Å². The smallest absolute Gasteiger partial charge is 0.259 e. The van der Waals surface area contributed by atoms with Crippen molar-refractivity contribution in [3.05, 3.63) is 48.0 Å². The van der Waals surface area contributed by atoms with Crippen molar-refractivity contribution in [1.82, 2.24) is 9.29 Å². The van der Waals surface area contributed by atoms with Gasteiger partial charge in [-0.1, -0.05) is 37.3 Å². The molecule has 32 heavy (non-hydrogen) atoms. The largest absolute Gasteiger partial charge is 0.495 e. The Kier molecular flexibility index (Phi) is 6.24. The van der Waals surface area contributed by atoms with Gasteiger partial charge in [0.05, 0.1) is 17.3 Å². The molecule has 7 nitrogen and oxygen atoms in total. The normalized spacial score (nSPS) is 19.8. The average Bonchev–Trinajstić information content (AvgIpc) is 3.21. The highest BCUT2D eigenvalue weighted by molar-refractivity contribution is 7.89. The van der Waals surface area contributed by atoms with Crippen molar-refractivity contribution in [1.29, 1.82) is 0 Å². The van der Waals surface area contributed by atoms with Gasteiger partial charge in [-0.25, -0.2) is 13.4 Å². The molecule has 0 saturated carbocycles. The summed E-state index contributed by atoms with van der Waals surface area (Å²) in [5, 5.41) is 0.551. The van der Waals surface area contributed by atoms with Gasteiger partial charge in [-0.15, -0.1) is 0 Å². The number of hydrogen-bond acceptors (Lipinski definition) is 6. The highest BCUT2D eigenvalue weighted by Gasteiger charge is 2.34. The number of thiazole rings is 1. The fourth-order valence-electron chi connectivity index (χ4n) is 4.24. The van der Waals surface area contributed by atoms with Crippen molar-refractivity contribution in [3.8, 4) is 5.75 Å². The van der Waals surface area contributed by atoms with Gasteiger partial charge in [0.25, 0.3) is 5.91 Å². The Morgan fingerprint density at radius 3 is 2.50 bits per heavy atom. The second-order valence-electron chi connectivity index (χ2n) is 8.46. The molecule has 3 aromatic rings. The van der Waals surface area contributed by atoms with Crippen LogP contribution in [-0.2, 0) is 10.0 Å². The summed E-state index contributed by atoms with van der Waals surface area (Å²) in [5.41, 5.74) is 1.09. The van der Waals surface area contributed by atoms with Crippen LogP contribution in [0.15, 0.2) is 47.4 Å². The molecule has 0 unspecified atom stereocenters. The summed E-state index contributed by atoms with van der Waals surface area (Å²) in [5.74, 6) is 0.447. The van der Waals surface area contributed by atoms with Crippen molar-refractivity contribution in [2.24, 2.45) is 11.8 Å². The van der Waals surface area contributed by atoms with Crippen molar-refractivity contribution in [2.75, 3.05) is 32.1 Å². The zero-order chi connectivity index (χ0) is 23.0. The van der Waals surface area contributed by atoms with E-state index in [-0.39, 0.29) is 34.0 Å². The number of fused-ring (bicyclic) bond motifs is 1. The molecule has 2 heterocycles. The van der Waals surface area contributed by atoms with Crippen LogP contribution in [-0.4, -0.2) is 50.9 Å². The first-order valence-electron chi connectivity index (χ1n) is 10.5. The topological polar surface area (TPSA) is 79.8 Å². The molecule has 170 valence electrons. The number of nitrogens with zero attached hydrogens (tertiary/aromatic N) is 3. The Morgan fingerprint density at radius 1 is 1.16 bits per heavy atom. The first-order chi connectivity index (χ1) is 15.2. The molecule has 1 aromatic heterocycles. The third-order valence-electron chi connectivity index (χ3n) is 5.74. The molecule has 0 bridgehead atoms. The van der Waals surface area contributed by atoms with E-state index in [0.717, 1.165) is 16.6 Å². The van der Waals surface area contributed by atoms with E-state index in [2.05, 4.69) is 18.8 Å². The molecule has 2 atom stereocenters. The summed E-state index contributed by atoms with van der Waals surface area (Å²) >= 11 is 1.41. The van der Waals surface area contributed by atoms with Gasteiger partial charge in [0.1, 0.15) is 10.6 Å². The Balaban J connectivity index is 1.68. The SMILES string of the molecule is COc1ccc(C(=O)N(C)c2nc3ccccc3s2)cc1S(=O)(=O)N1C[C@H](C)C[C@@H](C)C1. The van der Waals surface area contributed by atoms with Gasteiger partial charge in [-0.3, -0.25) is 9.69 Å². The first-order valence-corrected chi connectivity index (χ1v) is 12.8. The number of anilines is 1. The lowest BCUT2D eigenvalue weighted by atomic mass is 9.94. The van der Waals surface area contributed by atoms with E-state index in [1.54, 1.807) is 19.2 Å². The summed E-state index contributed by atoms with van der Waals surface area (Å²) in [7, 11) is -0.733. The van der Waals surface area contributed by atoms with Crippen molar-refractivity contribution < 1.29 is 17.9 Å². The summed E-state index contributed by atoms with van der Waals surface area (Å²) in [6.45, 7) is 5.03. The van der Waals surface area contributed by atoms with Gasteiger partial charge in [0, 0.05) is 25.7 Å². The molecule has 0 aliphatic carbocycles. The zero-order valence-electron chi connectivity index (χ0n) is 18.6. The van der Waals surface area contributed by atoms with Crippen LogP contribution >= 0.6 is 11.3 Å². The fourth-order valence-corrected chi connectivity index (χ4v) is 7.02. The van der Waals surface area contributed by atoms with Crippen LogP contribution in [0.5, 0.6) is 5.75 Å². The number of para-hydroxylation sites is 1. The maximum atomic E-state index is 13.5. The van der Waals surface area contributed by atoms with Crippen molar-refractivity contribution in [3.63, 3.8) is 0 Å². The number of aromatic nitrogens is 1. The first kappa shape index (κ1) is 22.7. The molecule has 1 aliphatic heterocycles. The number of carbonyl (C=O) groups is 1. The summed E-state index contributed by atoms with van der Waals surface area (Å²) in [4.78, 5) is 19.2. The number of hydrogen-bond donors (Lipinski definition) is 0. The molecule has 1 aliphatic rings. The van der Waals surface area contributed by atoms with E-state index >= 15 is 0 Å². The fraction of sp³-hybridized carbons (Fsp3) is 0.391. The van der Waals surface area contributed by atoms with Crippen molar-refractivity contribution in [2.45, 2.75) is 25.2 Å². The number of methoxy groups -OCH3 is 1. The number of benzene rings is 2. The van der Waals surface area contributed by atoms with E-state index in [1.165, 1.54) is 33.7 Å². The van der Waals surface area contributed by atoms with Crippen LogP contribution in [0.2, 0.25) is 0 Å². The molecule has 0 radical (unpaired) electrons. The van der Waals surface area contributed by atoms with Crippen LogP contribution in [0, 0.1) is 11.8 Å². The number of amides is 1. The van der Waals surface area contributed by atoms with E-state index in [9.17, 15) is 13.2 Å². The van der Waals surface area contributed by atoms with Gasteiger partial charge >= 0.3 is 0 Å². The van der Waals surface area contributed by atoms with Crippen LogP contribution < -0.4 is 9.64 Å². The Bertz CT molecular complexity index is 1210. The lowest BCUT2D eigenvalue weighted by Gasteiger charge is -2.34. The van der Waals surface area contributed by atoms with Crippen LogP contribution in [0.4, 0.5) is 5.13 Å². The maximum absolute atomic E-state index is 13.5. The molecular weight excluding hydrogens is 446 g/mol. The minimum atomic E-state index is -3.81. The van der Waals surface area contributed by atoms with Gasteiger partial charge < -0.3 is 4.74 Å². The number of rotatable bonds is 5. The van der Waals surface area contributed by atoms with Gasteiger partial charge in [0.2, 0.25) is 10.0 Å². The zero-order valence-corrected chi connectivity index (χ0v) is 20.2. The van der Waals surface area contributed by atoms with Crippen LogP contribution in [0.25, 0.3) is 10.2 Å². The third-order valence-corrected chi connectivity index (χ3v) is 8.70. The monoisotopic (exact) mass is 473 g/mol. The number of sulfonamides is 1. The summed E-state index contributed by atoms with van der Waals surface area (Å²) in [6, 6.07) is 12.2. The standard InChI is InChI=1S/C23H27N3O4S2/c1-15-11-16(2)14-26(13-15)32(28,29)21-12-17(9-10-19(21)30-4)22(27)25(3)23-24-18-7-5-6-8-20(18)31-23/h5-10,12,15-16H,11,13-14H2,1-4H3/t15-,16-/m1/s1. The number of ether oxygens (including phenoxy) is 1. The highest BCUT2D eigenvalue weighted by atomic mass is 32.2. The molecule has 1 saturated heterocycles. The summed E-state index contributed by atoms with van der Waals surface area (Å²) in [6.07, 6.45) is 0.995. The third kappa shape index (κ3) is 4.24. The van der Waals surface area contributed by atoms with E-state index in [0.29, 0.717) is 18.2 Å². The van der Waals surface area contributed by atoms with E-state index in [4.69, 9.17) is 4.74 Å². The predicted octanol–water partition coefficient (Wildman–Crippen LogP) is 4.25. The average molecular weight is 474 g/mol. The molecule has 2 aromatic carbocycles. The number of carbonyl (C=O) groups excluding carboxylic acids is 1. The molecule has 0 spiro atoms. The lowest BCUT2D eigenvalue weighted by Crippen LogP contribution is -2.42. The Labute approximate surface area is 192 Å². The molecule has 0 N–H and O–H groups in total. The Hall–Kier alpha value is -2.49. The van der Waals surface area contributed by atoms with Gasteiger partial charge in [0.15, 0.2) is 5.13 Å².